The Kier molecular flexibility index (Phi) is 6.05. The first-order valence-electron chi connectivity index (χ1n) is 7.01. The minimum atomic E-state index is -1.00. The van der Waals surface area contributed by atoms with Gasteiger partial charge < -0.3 is 9.84 Å². The van der Waals surface area contributed by atoms with Gasteiger partial charge in [0.15, 0.2) is 0 Å². The lowest BCUT2D eigenvalue weighted by Gasteiger charge is -2.40. The average Bonchev–Trinajstić information content (AvgIpc) is 2.09. The molecule has 1 amide bonds. The molecule has 0 rings (SSSR count). The van der Waals surface area contributed by atoms with Gasteiger partial charge in [-0.25, -0.2) is 9.59 Å². The van der Waals surface area contributed by atoms with Crippen molar-refractivity contribution in [2.45, 2.75) is 79.0 Å². The zero-order valence-corrected chi connectivity index (χ0v) is 14.0. The van der Waals surface area contributed by atoms with Gasteiger partial charge in [0.05, 0.1) is 0 Å². The Bertz CT molecular complexity index is 350. The second kappa shape index (κ2) is 6.46. The van der Waals surface area contributed by atoms with Crippen molar-refractivity contribution in [1.82, 2.24) is 4.90 Å². The Balaban J connectivity index is 5.42. The number of carboxylic acid groups (broad SMARTS) is 1. The maximum Gasteiger partial charge on any atom is 0.411 e. The molecule has 0 saturated heterocycles. The van der Waals surface area contributed by atoms with Gasteiger partial charge in [0.1, 0.15) is 11.6 Å². The summed E-state index contributed by atoms with van der Waals surface area (Å²) in [4.78, 5) is 25.3. The van der Waals surface area contributed by atoms with Crippen LogP contribution in [-0.4, -0.2) is 39.3 Å². The van der Waals surface area contributed by atoms with Crippen molar-refractivity contribution >= 4 is 12.1 Å². The number of rotatable bonds is 4. The minimum absolute atomic E-state index is 0.170. The number of hydrogen-bond acceptors (Lipinski definition) is 3. The quantitative estimate of drug-likeness (QED) is 0.859. The predicted octanol–water partition coefficient (Wildman–Crippen LogP) is 3.52. The lowest BCUT2D eigenvalue weighted by atomic mass is 9.97. The summed E-state index contributed by atoms with van der Waals surface area (Å²) in [7, 11) is 0. The molecule has 1 atom stereocenters. The Labute approximate surface area is 122 Å². The third-order valence-electron chi connectivity index (χ3n) is 2.60. The summed E-state index contributed by atoms with van der Waals surface area (Å²) in [5, 5.41) is 9.45. The molecule has 0 bridgehead atoms. The van der Waals surface area contributed by atoms with Crippen molar-refractivity contribution in [1.29, 1.82) is 0 Å². The Morgan fingerprint density at radius 3 is 1.80 bits per heavy atom. The molecule has 1 N–H and O–H groups in total. The van der Waals surface area contributed by atoms with E-state index in [0.717, 1.165) is 0 Å². The van der Waals surface area contributed by atoms with Crippen molar-refractivity contribution in [3.63, 3.8) is 0 Å². The van der Waals surface area contributed by atoms with E-state index in [1.54, 1.807) is 20.8 Å². The molecule has 0 aliphatic heterocycles. The molecule has 118 valence electrons. The van der Waals surface area contributed by atoms with Gasteiger partial charge >= 0.3 is 12.1 Å². The van der Waals surface area contributed by atoms with E-state index in [9.17, 15) is 14.7 Å². The van der Waals surface area contributed by atoms with E-state index in [4.69, 9.17) is 4.74 Å². The maximum absolute atomic E-state index is 12.4. The van der Waals surface area contributed by atoms with Crippen LogP contribution in [0, 0.1) is 5.92 Å². The number of carbonyl (C=O) groups excluding carboxylic acids is 1. The number of amides is 1. The number of aliphatic carboxylic acids is 1. The van der Waals surface area contributed by atoms with Crippen molar-refractivity contribution in [3.8, 4) is 0 Å². The van der Waals surface area contributed by atoms with Gasteiger partial charge in [-0.1, -0.05) is 13.8 Å². The molecule has 0 aromatic carbocycles. The smallest absolute Gasteiger partial charge is 0.411 e. The van der Waals surface area contributed by atoms with Gasteiger partial charge in [-0.3, -0.25) is 4.90 Å². The van der Waals surface area contributed by atoms with E-state index in [1.165, 1.54) is 4.90 Å². The van der Waals surface area contributed by atoms with Gasteiger partial charge in [0.2, 0.25) is 0 Å². The molecule has 0 aromatic rings. The van der Waals surface area contributed by atoms with Crippen molar-refractivity contribution in [2.75, 3.05) is 0 Å². The Hall–Kier alpha value is -1.26. The van der Waals surface area contributed by atoms with Crippen molar-refractivity contribution in [2.24, 2.45) is 5.92 Å². The number of nitrogens with zero attached hydrogens (tertiary/aromatic N) is 1. The number of ether oxygens (including phenoxy) is 1. The van der Waals surface area contributed by atoms with Crippen LogP contribution < -0.4 is 0 Å². The number of carbonyl (C=O) groups is 2. The molecule has 20 heavy (non-hydrogen) atoms. The fourth-order valence-corrected chi connectivity index (χ4v) is 1.94. The van der Waals surface area contributed by atoms with Crippen LogP contribution in [0.15, 0.2) is 0 Å². The van der Waals surface area contributed by atoms with E-state index in [2.05, 4.69) is 0 Å². The largest absolute Gasteiger partial charge is 0.480 e. The summed E-state index contributed by atoms with van der Waals surface area (Å²) < 4.78 is 5.36. The monoisotopic (exact) mass is 287 g/mol. The lowest BCUT2D eigenvalue weighted by molar-refractivity contribution is -0.146. The van der Waals surface area contributed by atoms with Crippen molar-refractivity contribution in [3.05, 3.63) is 0 Å². The first kappa shape index (κ1) is 18.7. The summed E-state index contributed by atoms with van der Waals surface area (Å²) in [5.74, 6) is -0.831. The summed E-state index contributed by atoms with van der Waals surface area (Å²) in [6.45, 7) is 14.6. The van der Waals surface area contributed by atoms with Crippen LogP contribution in [0.2, 0.25) is 0 Å². The molecular formula is C15H29NO4. The fraction of sp³-hybridized carbons (Fsp3) is 0.867. The van der Waals surface area contributed by atoms with Gasteiger partial charge in [-0.2, -0.15) is 0 Å². The number of hydrogen-bond donors (Lipinski definition) is 1. The molecule has 0 heterocycles. The molecule has 5 nitrogen and oxygen atoms in total. The van der Waals surface area contributed by atoms with Crippen LogP contribution in [0.1, 0.15) is 61.8 Å². The fourth-order valence-electron chi connectivity index (χ4n) is 1.94. The van der Waals surface area contributed by atoms with E-state index < -0.39 is 29.2 Å². The van der Waals surface area contributed by atoms with Crippen LogP contribution in [0.25, 0.3) is 0 Å². The maximum atomic E-state index is 12.4. The van der Waals surface area contributed by atoms with Gasteiger partial charge in [0, 0.05) is 5.54 Å². The second-order valence-corrected chi connectivity index (χ2v) is 7.50. The summed E-state index contributed by atoms with van der Waals surface area (Å²) in [6.07, 6.45) is -0.190. The standard InChI is InChI=1S/C15H29NO4/c1-10(2)9-11(12(17)18)16(14(3,4)5)13(19)20-15(6,7)8/h10-11H,9H2,1-8H3,(H,17,18)/t11-/m0/s1. The van der Waals surface area contributed by atoms with Gasteiger partial charge in [-0.15, -0.1) is 0 Å². The normalized spacial score (nSPS) is 14.1. The average molecular weight is 287 g/mol. The molecule has 0 saturated carbocycles. The highest BCUT2D eigenvalue weighted by atomic mass is 16.6. The summed E-state index contributed by atoms with van der Waals surface area (Å²) in [5.41, 5.74) is -1.28. The van der Waals surface area contributed by atoms with Crippen LogP contribution in [0.4, 0.5) is 4.79 Å². The Morgan fingerprint density at radius 2 is 1.55 bits per heavy atom. The molecular weight excluding hydrogens is 258 g/mol. The highest BCUT2D eigenvalue weighted by Crippen LogP contribution is 2.25. The van der Waals surface area contributed by atoms with E-state index in [1.807, 2.05) is 34.6 Å². The zero-order chi connectivity index (χ0) is 16.3. The molecule has 0 aliphatic carbocycles. The Morgan fingerprint density at radius 1 is 1.10 bits per heavy atom. The lowest BCUT2D eigenvalue weighted by Crippen LogP contribution is -2.56. The van der Waals surface area contributed by atoms with Crippen LogP contribution >= 0.6 is 0 Å². The SMILES string of the molecule is CC(C)C[C@@H](C(=O)O)N(C(=O)OC(C)(C)C)C(C)(C)C. The first-order chi connectivity index (χ1) is 8.75. The zero-order valence-electron chi connectivity index (χ0n) is 14.0. The van der Waals surface area contributed by atoms with Gasteiger partial charge in [-0.05, 0) is 53.9 Å². The van der Waals surface area contributed by atoms with E-state index in [-0.39, 0.29) is 5.92 Å². The van der Waals surface area contributed by atoms with E-state index in [0.29, 0.717) is 6.42 Å². The van der Waals surface area contributed by atoms with Crippen molar-refractivity contribution < 1.29 is 19.4 Å². The first-order valence-corrected chi connectivity index (χ1v) is 7.01. The molecule has 5 heteroatoms. The molecule has 0 spiro atoms. The third kappa shape index (κ3) is 6.26. The summed E-state index contributed by atoms with van der Waals surface area (Å²) in [6, 6.07) is -0.884. The third-order valence-corrected chi connectivity index (χ3v) is 2.60. The van der Waals surface area contributed by atoms with Crippen LogP contribution in [-0.2, 0) is 9.53 Å². The minimum Gasteiger partial charge on any atom is -0.480 e. The molecule has 0 aromatic heterocycles. The summed E-state index contributed by atoms with van der Waals surface area (Å²) >= 11 is 0. The molecule has 0 radical (unpaired) electrons. The van der Waals surface area contributed by atoms with Gasteiger partial charge in [0.25, 0.3) is 0 Å². The highest BCUT2D eigenvalue weighted by Gasteiger charge is 2.40. The van der Waals surface area contributed by atoms with E-state index >= 15 is 0 Å². The predicted molar refractivity (Wildman–Crippen MR) is 78.7 cm³/mol. The topological polar surface area (TPSA) is 66.8 Å². The second-order valence-electron chi connectivity index (χ2n) is 7.50. The molecule has 0 fully saturated rings. The highest BCUT2D eigenvalue weighted by molar-refractivity contribution is 5.80. The molecule has 0 unspecified atom stereocenters. The number of carboxylic acids is 1. The molecule has 0 aliphatic rings. The van der Waals surface area contributed by atoms with Crippen LogP contribution in [0.5, 0.6) is 0 Å². The van der Waals surface area contributed by atoms with Crippen LogP contribution in [0.3, 0.4) is 0 Å².